The van der Waals surface area contributed by atoms with Crippen LogP contribution < -0.4 is 10.9 Å². The van der Waals surface area contributed by atoms with E-state index in [4.69, 9.17) is 4.98 Å². The van der Waals surface area contributed by atoms with E-state index in [1.165, 1.54) is 28.6 Å². The van der Waals surface area contributed by atoms with Crippen molar-refractivity contribution >= 4 is 39.2 Å². The van der Waals surface area contributed by atoms with Crippen molar-refractivity contribution in [1.29, 1.82) is 0 Å². The molecule has 0 aliphatic heterocycles. The summed E-state index contributed by atoms with van der Waals surface area (Å²) in [4.78, 5) is 32.2. The molecule has 0 saturated carbocycles. The molecule has 0 saturated heterocycles. The van der Waals surface area contributed by atoms with Gasteiger partial charge in [0.05, 0.1) is 11.1 Å². The van der Waals surface area contributed by atoms with Crippen LogP contribution >= 0.6 is 23.1 Å². The lowest BCUT2D eigenvalue weighted by atomic mass is 9.97. The van der Waals surface area contributed by atoms with Crippen molar-refractivity contribution in [3.05, 3.63) is 20.8 Å². The zero-order valence-corrected chi connectivity index (χ0v) is 17.6. The van der Waals surface area contributed by atoms with Gasteiger partial charge in [-0.25, -0.2) is 4.98 Å². The van der Waals surface area contributed by atoms with E-state index in [2.05, 4.69) is 12.2 Å². The van der Waals surface area contributed by atoms with Crippen molar-refractivity contribution in [1.82, 2.24) is 14.9 Å². The van der Waals surface area contributed by atoms with E-state index < -0.39 is 0 Å². The van der Waals surface area contributed by atoms with Crippen LogP contribution in [0, 0.1) is 0 Å². The highest BCUT2D eigenvalue weighted by Crippen LogP contribution is 2.34. The molecule has 0 fully saturated rings. The van der Waals surface area contributed by atoms with E-state index in [0.717, 1.165) is 35.9 Å². The number of amides is 1. The molecule has 1 N–H and O–H groups in total. The van der Waals surface area contributed by atoms with Crippen molar-refractivity contribution in [3.63, 3.8) is 0 Å². The predicted molar refractivity (Wildman–Crippen MR) is 109 cm³/mol. The molecule has 142 valence electrons. The van der Waals surface area contributed by atoms with Crippen molar-refractivity contribution in [2.45, 2.75) is 77.0 Å². The minimum absolute atomic E-state index is 0.0238. The van der Waals surface area contributed by atoms with Crippen LogP contribution in [0.2, 0.25) is 0 Å². The maximum Gasteiger partial charge on any atom is 0.263 e. The number of hydrogen-bond donors (Lipinski definition) is 1. The van der Waals surface area contributed by atoms with Crippen LogP contribution in [0.1, 0.15) is 57.4 Å². The molecule has 0 spiro atoms. The summed E-state index contributed by atoms with van der Waals surface area (Å²) < 4.78 is 1.72. The average molecular weight is 394 g/mol. The highest BCUT2D eigenvalue weighted by Gasteiger charge is 2.23. The Kier molecular flexibility index (Phi) is 5.77. The van der Waals surface area contributed by atoms with Crippen LogP contribution in [0.5, 0.6) is 0 Å². The van der Waals surface area contributed by atoms with Gasteiger partial charge in [0.25, 0.3) is 5.56 Å². The molecule has 3 rings (SSSR count). The SMILES string of the molecule is CCn1c(SCC(=O)NC(C)(C)CC)nc2sc3c(c2c1=O)CCCC3. The zero-order valence-electron chi connectivity index (χ0n) is 16.0. The molecule has 5 nitrogen and oxygen atoms in total. The second kappa shape index (κ2) is 7.72. The number of nitrogens with zero attached hydrogens (tertiary/aromatic N) is 2. The van der Waals surface area contributed by atoms with E-state index in [-0.39, 0.29) is 22.8 Å². The van der Waals surface area contributed by atoms with Gasteiger partial charge in [-0.15, -0.1) is 11.3 Å². The molecule has 2 aromatic rings. The van der Waals surface area contributed by atoms with E-state index >= 15 is 0 Å². The van der Waals surface area contributed by atoms with Gasteiger partial charge in [-0.1, -0.05) is 18.7 Å². The molecule has 0 bridgehead atoms. The largest absolute Gasteiger partial charge is 0.351 e. The maximum atomic E-state index is 13.0. The summed E-state index contributed by atoms with van der Waals surface area (Å²) in [5, 5.41) is 4.49. The molecule has 0 atom stereocenters. The number of aromatic nitrogens is 2. The van der Waals surface area contributed by atoms with Crippen LogP contribution in [0.4, 0.5) is 0 Å². The number of carbonyl (C=O) groups excluding carboxylic acids is 1. The third kappa shape index (κ3) is 3.83. The normalized spacial score (nSPS) is 14.5. The summed E-state index contributed by atoms with van der Waals surface area (Å²) >= 11 is 3.01. The Morgan fingerprint density at radius 3 is 2.73 bits per heavy atom. The molecular formula is C19H27N3O2S2. The summed E-state index contributed by atoms with van der Waals surface area (Å²) in [6, 6.07) is 0. The van der Waals surface area contributed by atoms with Gasteiger partial charge in [-0.2, -0.15) is 0 Å². The topological polar surface area (TPSA) is 64.0 Å². The van der Waals surface area contributed by atoms with Gasteiger partial charge in [0.15, 0.2) is 5.16 Å². The van der Waals surface area contributed by atoms with Gasteiger partial charge in [-0.05, 0) is 58.4 Å². The van der Waals surface area contributed by atoms with Crippen LogP contribution in [0.3, 0.4) is 0 Å². The summed E-state index contributed by atoms with van der Waals surface area (Å²) in [5.74, 6) is 0.247. The van der Waals surface area contributed by atoms with Crippen LogP contribution in [-0.4, -0.2) is 26.8 Å². The molecule has 0 aromatic carbocycles. The first-order valence-electron chi connectivity index (χ1n) is 9.35. The second-order valence-electron chi connectivity index (χ2n) is 7.41. The lowest BCUT2D eigenvalue weighted by Gasteiger charge is -2.24. The monoisotopic (exact) mass is 393 g/mol. The minimum atomic E-state index is -0.216. The predicted octanol–water partition coefficient (Wildman–Crippen LogP) is 3.75. The van der Waals surface area contributed by atoms with E-state index in [0.29, 0.717) is 11.7 Å². The quantitative estimate of drug-likeness (QED) is 0.600. The average Bonchev–Trinajstić information content (AvgIpc) is 2.98. The molecule has 1 aliphatic carbocycles. The molecule has 26 heavy (non-hydrogen) atoms. The summed E-state index contributed by atoms with van der Waals surface area (Å²) in [5.41, 5.74) is 1.05. The van der Waals surface area contributed by atoms with Gasteiger partial charge < -0.3 is 5.32 Å². The summed E-state index contributed by atoms with van der Waals surface area (Å²) in [7, 11) is 0. The van der Waals surface area contributed by atoms with E-state index in [1.54, 1.807) is 15.9 Å². The fourth-order valence-corrected chi connectivity index (χ4v) is 5.41. The maximum absolute atomic E-state index is 13.0. The Hall–Kier alpha value is -1.34. The highest BCUT2D eigenvalue weighted by atomic mass is 32.2. The first-order valence-corrected chi connectivity index (χ1v) is 11.2. The first-order chi connectivity index (χ1) is 12.4. The van der Waals surface area contributed by atoms with Crippen LogP contribution in [0.25, 0.3) is 10.2 Å². The van der Waals surface area contributed by atoms with Gasteiger partial charge in [0, 0.05) is 17.0 Å². The molecular weight excluding hydrogens is 366 g/mol. The van der Waals surface area contributed by atoms with E-state index in [1.807, 2.05) is 20.8 Å². The molecule has 2 heterocycles. The lowest BCUT2D eigenvalue weighted by Crippen LogP contribution is -2.43. The van der Waals surface area contributed by atoms with Gasteiger partial charge in [0.2, 0.25) is 5.91 Å². The standard InChI is InChI=1S/C19H27N3O2S2/c1-5-19(3,4)21-14(23)11-25-18-20-16-15(17(24)22(18)6-2)12-9-7-8-10-13(12)26-16/h5-11H2,1-4H3,(H,21,23). The smallest absolute Gasteiger partial charge is 0.263 e. The summed E-state index contributed by atoms with van der Waals surface area (Å²) in [6.45, 7) is 8.60. The Bertz CT molecular complexity index is 883. The molecule has 1 amide bonds. The number of rotatable bonds is 6. The van der Waals surface area contributed by atoms with Crippen molar-refractivity contribution in [2.75, 3.05) is 5.75 Å². The highest BCUT2D eigenvalue weighted by molar-refractivity contribution is 7.99. The van der Waals surface area contributed by atoms with Crippen molar-refractivity contribution in [2.24, 2.45) is 0 Å². The van der Waals surface area contributed by atoms with Gasteiger partial charge in [-0.3, -0.25) is 14.2 Å². The Labute approximate surface area is 162 Å². The minimum Gasteiger partial charge on any atom is -0.351 e. The van der Waals surface area contributed by atoms with Crippen molar-refractivity contribution < 1.29 is 4.79 Å². The number of nitrogens with one attached hydrogen (secondary N) is 1. The number of aryl methyl sites for hydroxylation is 2. The third-order valence-electron chi connectivity index (χ3n) is 5.05. The number of thiophene rings is 1. The summed E-state index contributed by atoms with van der Waals surface area (Å²) in [6.07, 6.45) is 5.25. The third-order valence-corrected chi connectivity index (χ3v) is 7.21. The molecule has 2 aromatic heterocycles. The number of carbonyl (C=O) groups is 1. The molecule has 0 radical (unpaired) electrons. The zero-order chi connectivity index (χ0) is 18.9. The number of thioether (sulfide) groups is 1. The van der Waals surface area contributed by atoms with Crippen LogP contribution in [-0.2, 0) is 24.2 Å². The van der Waals surface area contributed by atoms with Gasteiger partial charge in [0.1, 0.15) is 4.83 Å². The lowest BCUT2D eigenvalue weighted by molar-refractivity contribution is -0.120. The van der Waals surface area contributed by atoms with Crippen molar-refractivity contribution in [3.8, 4) is 0 Å². The second-order valence-corrected chi connectivity index (χ2v) is 9.44. The Morgan fingerprint density at radius 2 is 2.04 bits per heavy atom. The number of fused-ring (bicyclic) bond motifs is 3. The van der Waals surface area contributed by atoms with E-state index in [9.17, 15) is 9.59 Å². The molecule has 1 aliphatic rings. The Morgan fingerprint density at radius 1 is 1.31 bits per heavy atom. The fraction of sp³-hybridized carbons (Fsp3) is 0.632. The Balaban J connectivity index is 1.89. The number of hydrogen-bond acceptors (Lipinski definition) is 5. The molecule has 0 unspecified atom stereocenters. The van der Waals surface area contributed by atoms with Gasteiger partial charge >= 0.3 is 0 Å². The first kappa shape index (κ1) is 19.4. The fourth-order valence-electron chi connectivity index (χ4n) is 3.24. The van der Waals surface area contributed by atoms with Crippen LogP contribution in [0.15, 0.2) is 9.95 Å². The molecule has 7 heteroatoms.